The molecular formula is C38H40B2O4. The maximum Gasteiger partial charge on any atom is 0.494 e. The second kappa shape index (κ2) is 8.98. The number of hydrogen-bond donors (Lipinski definition) is 0. The molecule has 4 aliphatic rings. The van der Waals surface area contributed by atoms with E-state index in [1.807, 2.05) is 0 Å². The minimum Gasteiger partial charge on any atom is -0.399 e. The van der Waals surface area contributed by atoms with Crippen LogP contribution in [-0.2, 0) is 30.5 Å². The lowest BCUT2D eigenvalue weighted by atomic mass is 9.60. The zero-order valence-electron chi connectivity index (χ0n) is 27.1. The van der Waals surface area contributed by atoms with Crippen molar-refractivity contribution in [3.05, 3.63) is 118 Å². The lowest BCUT2D eigenvalue weighted by molar-refractivity contribution is 0.00578. The van der Waals surface area contributed by atoms with Crippen LogP contribution in [-0.4, -0.2) is 36.6 Å². The fourth-order valence-corrected chi connectivity index (χ4v) is 7.62. The van der Waals surface area contributed by atoms with Crippen LogP contribution in [0.15, 0.2) is 84.9 Å². The number of benzene rings is 4. The van der Waals surface area contributed by atoms with Crippen LogP contribution in [0.2, 0.25) is 0 Å². The molecule has 0 bridgehead atoms. The van der Waals surface area contributed by atoms with Crippen molar-refractivity contribution in [2.45, 2.75) is 89.6 Å². The Labute approximate surface area is 262 Å². The average molecular weight is 582 g/mol. The van der Waals surface area contributed by atoms with Gasteiger partial charge in [0.2, 0.25) is 0 Å². The van der Waals surface area contributed by atoms with Gasteiger partial charge >= 0.3 is 14.2 Å². The standard InChI is InChI=1S/C38H40B2O4/c1-34(2)35(3,4)42-39(41-34)26-17-19-28-29-20-18-27(40-43-36(5,6)37(7,8)44-40)23-33(29)38(32(28)22-26)30-15-11-9-13-24(30)21-25-14-10-12-16-31(25)38/h9-20,22-23H,21H2,1-8H3. The zero-order valence-corrected chi connectivity index (χ0v) is 27.1. The highest BCUT2D eigenvalue weighted by Crippen LogP contribution is 2.59. The first kappa shape index (κ1) is 28.3. The van der Waals surface area contributed by atoms with Gasteiger partial charge in [-0.2, -0.15) is 0 Å². The van der Waals surface area contributed by atoms with Gasteiger partial charge in [-0.3, -0.25) is 0 Å². The SMILES string of the molecule is CC1(C)OB(c2ccc3c(c2)C2(c4ccccc4Cc4ccccc42)c2cc(B4OC(C)(C)C(C)(C)O4)ccc2-3)OC1(C)C. The monoisotopic (exact) mass is 582 g/mol. The topological polar surface area (TPSA) is 36.9 Å². The van der Waals surface area contributed by atoms with E-state index in [1.165, 1.54) is 44.5 Å². The summed E-state index contributed by atoms with van der Waals surface area (Å²) in [6.45, 7) is 16.9. The van der Waals surface area contributed by atoms with E-state index in [0.717, 1.165) is 17.3 Å². The third kappa shape index (κ3) is 3.69. The van der Waals surface area contributed by atoms with Gasteiger partial charge in [-0.25, -0.2) is 0 Å². The molecule has 2 saturated heterocycles. The van der Waals surface area contributed by atoms with Crippen molar-refractivity contribution in [1.82, 2.24) is 0 Å². The molecule has 2 aliphatic carbocycles. The average Bonchev–Trinajstić information content (AvgIpc) is 3.48. The molecule has 8 rings (SSSR count). The summed E-state index contributed by atoms with van der Waals surface area (Å²) in [6, 6.07) is 31.6. The van der Waals surface area contributed by atoms with Gasteiger partial charge in [-0.05, 0) is 117 Å². The Hall–Kier alpha value is -3.15. The van der Waals surface area contributed by atoms with Crippen LogP contribution in [0.4, 0.5) is 0 Å². The molecule has 4 aromatic carbocycles. The van der Waals surface area contributed by atoms with E-state index >= 15 is 0 Å². The fourth-order valence-electron chi connectivity index (χ4n) is 7.62. The van der Waals surface area contributed by atoms with Gasteiger partial charge in [0.25, 0.3) is 0 Å². The summed E-state index contributed by atoms with van der Waals surface area (Å²) >= 11 is 0. The van der Waals surface area contributed by atoms with Crippen molar-refractivity contribution in [2.24, 2.45) is 0 Å². The first-order chi connectivity index (χ1) is 20.8. The van der Waals surface area contributed by atoms with E-state index in [9.17, 15) is 0 Å². The van der Waals surface area contributed by atoms with Gasteiger partial charge in [0, 0.05) is 0 Å². The Morgan fingerprint density at radius 3 is 1.20 bits per heavy atom. The molecule has 4 aromatic rings. The first-order valence-corrected chi connectivity index (χ1v) is 15.9. The van der Waals surface area contributed by atoms with Crippen LogP contribution in [0.25, 0.3) is 11.1 Å². The molecule has 44 heavy (non-hydrogen) atoms. The fraction of sp³-hybridized carbons (Fsp3) is 0.368. The third-order valence-electron chi connectivity index (χ3n) is 11.5. The van der Waals surface area contributed by atoms with Crippen molar-refractivity contribution >= 4 is 25.2 Å². The lowest BCUT2D eigenvalue weighted by Crippen LogP contribution is -2.41. The summed E-state index contributed by atoms with van der Waals surface area (Å²) in [4.78, 5) is 0. The summed E-state index contributed by atoms with van der Waals surface area (Å²) < 4.78 is 26.3. The summed E-state index contributed by atoms with van der Waals surface area (Å²) in [5.41, 5.74) is 10.3. The molecule has 0 radical (unpaired) electrons. The maximum atomic E-state index is 6.57. The van der Waals surface area contributed by atoms with Crippen LogP contribution in [0.1, 0.15) is 88.8 Å². The molecule has 0 unspecified atom stereocenters. The molecule has 2 fully saturated rings. The summed E-state index contributed by atoms with van der Waals surface area (Å²) in [5, 5.41) is 0. The zero-order chi connectivity index (χ0) is 30.9. The quantitative estimate of drug-likeness (QED) is 0.217. The van der Waals surface area contributed by atoms with E-state index in [1.54, 1.807) is 0 Å². The minimum absolute atomic E-state index is 0.418. The second-order valence-electron chi connectivity index (χ2n) is 15.0. The van der Waals surface area contributed by atoms with Crippen molar-refractivity contribution in [3.8, 4) is 11.1 Å². The highest BCUT2D eigenvalue weighted by Gasteiger charge is 2.55. The molecule has 0 amide bonds. The predicted molar refractivity (Wildman–Crippen MR) is 178 cm³/mol. The van der Waals surface area contributed by atoms with E-state index in [2.05, 4.69) is 140 Å². The number of fused-ring (bicyclic) bond motifs is 9. The molecule has 4 nitrogen and oxygen atoms in total. The Bertz CT molecular complexity index is 1670. The molecule has 6 heteroatoms. The second-order valence-corrected chi connectivity index (χ2v) is 15.0. The largest absolute Gasteiger partial charge is 0.494 e. The number of hydrogen-bond acceptors (Lipinski definition) is 4. The minimum atomic E-state index is -0.505. The van der Waals surface area contributed by atoms with Gasteiger partial charge in [-0.15, -0.1) is 0 Å². The lowest BCUT2D eigenvalue weighted by Gasteiger charge is -2.40. The van der Waals surface area contributed by atoms with Gasteiger partial charge < -0.3 is 18.6 Å². The Balaban J connectivity index is 1.39. The molecule has 0 saturated carbocycles. The van der Waals surface area contributed by atoms with Crippen LogP contribution in [0, 0.1) is 0 Å². The third-order valence-corrected chi connectivity index (χ3v) is 11.5. The van der Waals surface area contributed by atoms with E-state index < -0.39 is 42.1 Å². The molecule has 0 atom stereocenters. The smallest absolute Gasteiger partial charge is 0.399 e. The summed E-state index contributed by atoms with van der Waals surface area (Å²) in [5.74, 6) is 0. The molecule has 222 valence electrons. The molecule has 0 N–H and O–H groups in total. The van der Waals surface area contributed by atoms with E-state index in [4.69, 9.17) is 18.6 Å². The van der Waals surface area contributed by atoms with Crippen LogP contribution in [0.3, 0.4) is 0 Å². The normalized spacial score (nSPS) is 22.5. The van der Waals surface area contributed by atoms with Gasteiger partial charge in [0.1, 0.15) is 0 Å². The van der Waals surface area contributed by atoms with Crippen molar-refractivity contribution in [1.29, 1.82) is 0 Å². The highest BCUT2D eigenvalue weighted by molar-refractivity contribution is 6.62. The van der Waals surface area contributed by atoms with Crippen molar-refractivity contribution in [2.75, 3.05) is 0 Å². The number of rotatable bonds is 2. The Morgan fingerprint density at radius 1 is 0.455 bits per heavy atom. The molecular weight excluding hydrogens is 542 g/mol. The van der Waals surface area contributed by atoms with E-state index in [-0.39, 0.29) is 0 Å². The van der Waals surface area contributed by atoms with Crippen LogP contribution < -0.4 is 10.9 Å². The summed E-state index contributed by atoms with van der Waals surface area (Å²) in [7, 11) is -0.888. The van der Waals surface area contributed by atoms with Crippen molar-refractivity contribution < 1.29 is 18.6 Å². The van der Waals surface area contributed by atoms with Gasteiger partial charge in [0.05, 0.1) is 27.8 Å². The maximum absolute atomic E-state index is 6.57. The molecule has 2 aliphatic heterocycles. The molecule has 0 aromatic heterocycles. The van der Waals surface area contributed by atoms with E-state index in [0.29, 0.717) is 0 Å². The molecule has 1 spiro atoms. The first-order valence-electron chi connectivity index (χ1n) is 15.9. The predicted octanol–water partition coefficient (Wildman–Crippen LogP) is 6.55. The van der Waals surface area contributed by atoms with Gasteiger partial charge in [-0.1, -0.05) is 84.9 Å². The van der Waals surface area contributed by atoms with Crippen LogP contribution >= 0.6 is 0 Å². The molecule has 2 heterocycles. The highest BCUT2D eigenvalue weighted by atomic mass is 16.7. The Morgan fingerprint density at radius 2 is 0.818 bits per heavy atom. The van der Waals surface area contributed by atoms with Crippen molar-refractivity contribution in [3.63, 3.8) is 0 Å². The van der Waals surface area contributed by atoms with Gasteiger partial charge in [0.15, 0.2) is 0 Å². The van der Waals surface area contributed by atoms with Crippen LogP contribution in [0.5, 0.6) is 0 Å². The Kier molecular flexibility index (Phi) is 5.78. The summed E-state index contributed by atoms with van der Waals surface area (Å²) in [6.07, 6.45) is 0.909.